The second-order valence-electron chi connectivity index (χ2n) is 7.47. The summed E-state index contributed by atoms with van der Waals surface area (Å²) in [5, 5.41) is 6.28. The molecular weight excluding hydrogens is 481 g/mol. The topological polar surface area (TPSA) is 115 Å². The molecule has 0 atom stereocenters. The monoisotopic (exact) mass is 507 g/mol. The van der Waals surface area contributed by atoms with Crippen molar-refractivity contribution in [2.24, 2.45) is 5.10 Å². The van der Waals surface area contributed by atoms with Crippen LogP contribution >= 0.6 is 0 Å². The van der Waals surface area contributed by atoms with E-state index in [1.54, 1.807) is 49.4 Å². The molecule has 0 aliphatic rings. The lowest BCUT2D eigenvalue weighted by Crippen LogP contribution is -2.34. The molecule has 3 aromatic carbocycles. The van der Waals surface area contributed by atoms with Crippen molar-refractivity contribution in [2.45, 2.75) is 13.8 Å². The number of benzene rings is 3. The molecule has 0 radical (unpaired) electrons. The van der Waals surface area contributed by atoms with Gasteiger partial charge in [-0.25, -0.2) is 14.6 Å². The van der Waals surface area contributed by atoms with Crippen molar-refractivity contribution in [3.63, 3.8) is 0 Å². The molecule has 10 heteroatoms. The van der Waals surface area contributed by atoms with Gasteiger partial charge in [0.15, 0.2) is 11.5 Å². The summed E-state index contributed by atoms with van der Waals surface area (Å²) in [6, 6.07) is 16.3. The van der Waals surface area contributed by atoms with E-state index in [1.807, 2.05) is 6.92 Å². The maximum absolute atomic E-state index is 12.9. The minimum atomic E-state index is -0.558. The van der Waals surface area contributed by atoms with Gasteiger partial charge in [-0.3, -0.25) is 9.59 Å². The molecule has 37 heavy (non-hydrogen) atoms. The molecule has 0 bridgehead atoms. The van der Waals surface area contributed by atoms with Crippen LogP contribution in [0.4, 0.5) is 4.39 Å². The number of rotatable bonds is 11. The van der Waals surface area contributed by atoms with Crippen molar-refractivity contribution in [1.82, 2.24) is 10.7 Å². The molecule has 3 rings (SSSR count). The van der Waals surface area contributed by atoms with Crippen molar-refractivity contribution >= 4 is 24.0 Å². The third-order valence-corrected chi connectivity index (χ3v) is 4.79. The van der Waals surface area contributed by atoms with Gasteiger partial charge in [0.2, 0.25) is 0 Å². The standard InChI is InChI=1S/C27H26FN3O6/c1-3-35-22-12-8-20(9-13-22)27(34)37-23-14-5-18(15-24(23)36-4-2)16-30-31-25(32)17-29-26(33)19-6-10-21(28)11-7-19/h5-16H,3-4,17H2,1-2H3,(H,29,33)(H,31,32)/b30-16+. The second kappa shape index (κ2) is 13.4. The van der Waals surface area contributed by atoms with Gasteiger partial charge in [-0.1, -0.05) is 0 Å². The molecular formula is C27H26FN3O6. The van der Waals surface area contributed by atoms with Crippen LogP contribution in [0.15, 0.2) is 71.8 Å². The number of nitrogens with zero attached hydrogens (tertiary/aromatic N) is 1. The van der Waals surface area contributed by atoms with Crippen LogP contribution in [0.2, 0.25) is 0 Å². The molecule has 2 N–H and O–H groups in total. The minimum absolute atomic E-state index is 0.226. The van der Waals surface area contributed by atoms with Crippen LogP contribution in [0, 0.1) is 5.82 Å². The molecule has 0 fully saturated rings. The van der Waals surface area contributed by atoms with E-state index in [-0.39, 0.29) is 17.9 Å². The first-order chi connectivity index (χ1) is 17.9. The van der Waals surface area contributed by atoms with Crippen molar-refractivity contribution in [2.75, 3.05) is 19.8 Å². The maximum atomic E-state index is 12.9. The molecule has 192 valence electrons. The number of halogens is 1. The van der Waals surface area contributed by atoms with Crippen LogP contribution < -0.4 is 25.0 Å². The lowest BCUT2D eigenvalue weighted by Gasteiger charge is -2.11. The van der Waals surface area contributed by atoms with Crippen LogP contribution in [0.25, 0.3) is 0 Å². The molecule has 0 aliphatic carbocycles. The Kier molecular flexibility index (Phi) is 9.72. The Balaban J connectivity index is 1.56. The van der Waals surface area contributed by atoms with Gasteiger partial charge in [0.25, 0.3) is 11.8 Å². The number of hydrogen-bond acceptors (Lipinski definition) is 7. The van der Waals surface area contributed by atoms with Gasteiger partial charge in [-0.15, -0.1) is 0 Å². The van der Waals surface area contributed by atoms with Crippen molar-refractivity contribution in [3.8, 4) is 17.2 Å². The SMILES string of the molecule is CCOc1ccc(C(=O)Oc2ccc(/C=N/NC(=O)CNC(=O)c3ccc(F)cc3)cc2OCC)cc1. The lowest BCUT2D eigenvalue weighted by molar-refractivity contribution is -0.120. The zero-order valence-corrected chi connectivity index (χ0v) is 20.3. The van der Waals surface area contributed by atoms with Gasteiger partial charge in [0.05, 0.1) is 31.5 Å². The maximum Gasteiger partial charge on any atom is 0.343 e. The Labute approximate surface area is 213 Å². The average molecular weight is 508 g/mol. The highest BCUT2D eigenvalue weighted by atomic mass is 19.1. The Bertz CT molecular complexity index is 1260. The zero-order chi connectivity index (χ0) is 26.6. The van der Waals surface area contributed by atoms with E-state index in [0.29, 0.717) is 35.8 Å². The number of amides is 2. The predicted molar refractivity (Wildman–Crippen MR) is 135 cm³/mol. The fraction of sp³-hybridized carbons (Fsp3) is 0.185. The first kappa shape index (κ1) is 26.9. The normalized spacial score (nSPS) is 10.6. The molecule has 0 spiro atoms. The number of nitrogens with one attached hydrogen (secondary N) is 2. The molecule has 0 heterocycles. The van der Waals surface area contributed by atoms with Crippen LogP contribution in [-0.4, -0.2) is 43.8 Å². The van der Waals surface area contributed by atoms with Gasteiger partial charge in [-0.05, 0) is 86.1 Å². The molecule has 0 saturated heterocycles. The Hall–Kier alpha value is -4.73. The summed E-state index contributed by atoms with van der Waals surface area (Å²) >= 11 is 0. The Morgan fingerprint density at radius 3 is 2.22 bits per heavy atom. The molecule has 0 aromatic heterocycles. The van der Waals surface area contributed by atoms with Gasteiger partial charge in [0.1, 0.15) is 11.6 Å². The van der Waals surface area contributed by atoms with Crippen LogP contribution in [0.5, 0.6) is 17.2 Å². The Morgan fingerprint density at radius 2 is 1.54 bits per heavy atom. The highest BCUT2D eigenvalue weighted by Crippen LogP contribution is 2.29. The highest BCUT2D eigenvalue weighted by molar-refractivity contribution is 5.96. The average Bonchev–Trinajstić information content (AvgIpc) is 2.90. The quantitative estimate of drug-likeness (QED) is 0.177. The van der Waals surface area contributed by atoms with E-state index in [9.17, 15) is 18.8 Å². The number of hydrogen-bond donors (Lipinski definition) is 2. The summed E-state index contributed by atoms with van der Waals surface area (Å²) in [5.74, 6) is -0.891. The van der Waals surface area contributed by atoms with E-state index >= 15 is 0 Å². The molecule has 0 saturated carbocycles. The summed E-state index contributed by atoms with van der Waals surface area (Å²) in [7, 11) is 0. The zero-order valence-electron chi connectivity index (χ0n) is 20.3. The van der Waals surface area contributed by atoms with Gasteiger partial charge in [-0.2, -0.15) is 5.10 Å². The van der Waals surface area contributed by atoms with Crippen LogP contribution in [-0.2, 0) is 4.79 Å². The summed E-state index contributed by atoms with van der Waals surface area (Å²) in [6.07, 6.45) is 1.38. The van der Waals surface area contributed by atoms with E-state index in [0.717, 1.165) is 12.1 Å². The van der Waals surface area contributed by atoms with Crippen LogP contribution in [0.3, 0.4) is 0 Å². The third kappa shape index (κ3) is 8.17. The fourth-order valence-corrected chi connectivity index (χ4v) is 3.05. The molecule has 0 unspecified atom stereocenters. The summed E-state index contributed by atoms with van der Waals surface area (Å²) in [4.78, 5) is 36.5. The number of carbonyl (C=O) groups excluding carboxylic acids is 3. The molecule has 3 aromatic rings. The number of carbonyl (C=O) groups is 3. The number of esters is 1. The predicted octanol–water partition coefficient (Wildman–Crippen LogP) is 3.72. The minimum Gasteiger partial charge on any atom is -0.494 e. The number of hydrazone groups is 1. The summed E-state index contributed by atoms with van der Waals surface area (Å²) in [6.45, 7) is 4.20. The van der Waals surface area contributed by atoms with E-state index in [1.165, 1.54) is 18.3 Å². The second-order valence-corrected chi connectivity index (χ2v) is 7.47. The molecule has 0 aliphatic heterocycles. The first-order valence-electron chi connectivity index (χ1n) is 11.5. The molecule has 9 nitrogen and oxygen atoms in total. The van der Waals surface area contributed by atoms with Crippen molar-refractivity contribution in [1.29, 1.82) is 0 Å². The first-order valence-corrected chi connectivity index (χ1v) is 11.5. The van der Waals surface area contributed by atoms with Crippen LogP contribution in [0.1, 0.15) is 40.1 Å². The van der Waals surface area contributed by atoms with Crippen molar-refractivity contribution < 1.29 is 33.0 Å². The lowest BCUT2D eigenvalue weighted by atomic mass is 10.2. The Morgan fingerprint density at radius 1 is 0.865 bits per heavy atom. The van der Waals surface area contributed by atoms with E-state index in [4.69, 9.17) is 14.2 Å². The van der Waals surface area contributed by atoms with Gasteiger partial charge in [0, 0.05) is 5.56 Å². The van der Waals surface area contributed by atoms with Crippen molar-refractivity contribution in [3.05, 3.63) is 89.2 Å². The van der Waals surface area contributed by atoms with Gasteiger partial charge < -0.3 is 19.5 Å². The van der Waals surface area contributed by atoms with E-state index < -0.39 is 23.6 Å². The highest BCUT2D eigenvalue weighted by Gasteiger charge is 2.14. The van der Waals surface area contributed by atoms with Gasteiger partial charge >= 0.3 is 5.97 Å². The third-order valence-electron chi connectivity index (χ3n) is 4.79. The van der Waals surface area contributed by atoms with E-state index in [2.05, 4.69) is 15.8 Å². The summed E-state index contributed by atoms with van der Waals surface area (Å²) in [5.41, 5.74) is 3.45. The fourth-order valence-electron chi connectivity index (χ4n) is 3.05. The largest absolute Gasteiger partial charge is 0.494 e. The smallest absolute Gasteiger partial charge is 0.343 e. The summed E-state index contributed by atoms with van der Waals surface area (Å²) < 4.78 is 29.4. The molecule has 2 amide bonds. The number of ether oxygens (including phenoxy) is 3.